The molecule has 0 aliphatic carbocycles. The fourth-order valence-electron chi connectivity index (χ4n) is 3.14. The quantitative estimate of drug-likeness (QED) is 0.486. The van der Waals surface area contributed by atoms with E-state index in [2.05, 4.69) is 17.2 Å². The number of hydrogen-bond acceptors (Lipinski definition) is 3. The highest BCUT2D eigenvalue weighted by atomic mass is 16.3. The molecule has 0 saturated heterocycles. The van der Waals surface area contributed by atoms with Crippen LogP contribution in [0.4, 0.5) is 11.4 Å². The van der Waals surface area contributed by atoms with Crippen LogP contribution in [-0.2, 0) is 6.42 Å². The zero-order valence-electron chi connectivity index (χ0n) is 16.5. The Hall–Kier alpha value is -3.66. The lowest BCUT2D eigenvalue weighted by molar-refractivity contribution is 0.102. The standard InChI is InChI=1S/C25H22N2O2/c1-3-18-12-14-20(15-13-18)26-25-21(16-19-9-5-7-11-23(19)29-25)24(28)27-22-10-6-4-8-17(22)2/h4-16H,3H2,1-2H3,(H,27,28). The normalized spacial score (nSPS) is 11.6. The number of amides is 1. The van der Waals surface area contributed by atoms with Gasteiger partial charge >= 0.3 is 0 Å². The van der Waals surface area contributed by atoms with Crippen LogP contribution in [-0.4, -0.2) is 5.91 Å². The van der Waals surface area contributed by atoms with Gasteiger partial charge in [-0.15, -0.1) is 0 Å². The second-order valence-electron chi connectivity index (χ2n) is 6.90. The first-order chi connectivity index (χ1) is 14.1. The molecule has 4 heteroatoms. The highest BCUT2D eigenvalue weighted by Crippen LogP contribution is 2.18. The minimum Gasteiger partial charge on any atom is -0.438 e. The third-order valence-corrected chi connectivity index (χ3v) is 4.87. The van der Waals surface area contributed by atoms with Crippen molar-refractivity contribution in [3.8, 4) is 0 Å². The van der Waals surface area contributed by atoms with Crippen LogP contribution in [0, 0.1) is 6.92 Å². The lowest BCUT2D eigenvalue weighted by Crippen LogP contribution is -2.22. The molecule has 3 aromatic carbocycles. The SMILES string of the molecule is CCc1ccc(N=c2oc3ccccc3cc2C(=O)Nc2ccccc2C)cc1. The third kappa shape index (κ3) is 4.11. The first kappa shape index (κ1) is 18.7. The highest BCUT2D eigenvalue weighted by Gasteiger charge is 2.14. The van der Waals surface area contributed by atoms with Crippen molar-refractivity contribution in [1.29, 1.82) is 0 Å². The predicted molar refractivity (Wildman–Crippen MR) is 116 cm³/mol. The molecule has 0 spiro atoms. The van der Waals surface area contributed by atoms with Crippen LogP contribution >= 0.6 is 0 Å². The van der Waals surface area contributed by atoms with Gasteiger partial charge in [0.15, 0.2) is 0 Å². The fourth-order valence-corrected chi connectivity index (χ4v) is 3.14. The lowest BCUT2D eigenvalue weighted by Gasteiger charge is -2.09. The van der Waals surface area contributed by atoms with Gasteiger partial charge in [-0.25, -0.2) is 4.99 Å². The van der Waals surface area contributed by atoms with E-state index in [1.165, 1.54) is 5.56 Å². The zero-order valence-corrected chi connectivity index (χ0v) is 16.5. The van der Waals surface area contributed by atoms with E-state index in [4.69, 9.17) is 4.42 Å². The summed E-state index contributed by atoms with van der Waals surface area (Å²) in [6.45, 7) is 4.07. The van der Waals surface area contributed by atoms with Crippen LogP contribution < -0.4 is 10.9 Å². The molecule has 0 atom stereocenters. The first-order valence-corrected chi connectivity index (χ1v) is 9.67. The summed E-state index contributed by atoms with van der Waals surface area (Å²) in [7, 11) is 0. The average molecular weight is 382 g/mol. The van der Waals surface area contributed by atoms with Crippen LogP contribution in [0.25, 0.3) is 11.0 Å². The van der Waals surface area contributed by atoms with E-state index in [0.29, 0.717) is 16.7 Å². The van der Waals surface area contributed by atoms with E-state index in [9.17, 15) is 4.79 Å². The lowest BCUT2D eigenvalue weighted by atomic mass is 10.1. The smallest absolute Gasteiger partial charge is 0.261 e. The van der Waals surface area contributed by atoms with Crippen LogP contribution in [0.1, 0.15) is 28.4 Å². The maximum atomic E-state index is 13.1. The molecule has 4 aromatic rings. The molecule has 144 valence electrons. The second-order valence-corrected chi connectivity index (χ2v) is 6.90. The van der Waals surface area contributed by atoms with Crippen molar-refractivity contribution in [3.63, 3.8) is 0 Å². The Balaban J connectivity index is 1.82. The Kier molecular flexibility index (Phi) is 5.25. The Morgan fingerprint density at radius 3 is 2.45 bits per heavy atom. The number of aryl methyl sites for hydroxylation is 2. The molecule has 0 aliphatic rings. The summed E-state index contributed by atoms with van der Waals surface area (Å²) in [4.78, 5) is 17.7. The van der Waals surface area contributed by atoms with Crippen molar-refractivity contribution in [2.75, 3.05) is 5.32 Å². The topological polar surface area (TPSA) is 54.6 Å². The van der Waals surface area contributed by atoms with Gasteiger partial charge in [0.1, 0.15) is 11.1 Å². The van der Waals surface area contributed by atoms with Gasteiger partial charge in [-0.05, 0) is 54.8 Å². The van der Waals surface area contributed by atoms with Gasteiger partial charge < -0.3 is 9.73 Å². The number of benzene rings is 3. The van der Waals surface area contributed by atoms with Crippen molar-refractivity contribution in [1.82, 2.24) is 0 Å². The molecule has 1 amide bonds. The zero-order chi connectivity index (χ0) is 20.2. The number of anilines is 1. The van der Waals surface area contributed by atoms with E-state index in [-0.39, 0.29) is 5.91 Å². The van der Waals surface area contributed by atoms with Crippen molar-refractivity contribution in [3.05, 3.63) is 101 Å². The van der Waals surface area contributed by atoms with Crippen molar-refractivity contribution >= 4 is 28.3 Å². The molecule has 4 nitrogen and oxygen atoms in total. The molecule has 0 radical (unpaired) electrons. The molecule has 0 aliphatic heterocycles. The fraction of sp³-hybridized carbons (Fsp3) is 0.120. The molecule has 0 saturated carbocycles. The molecular formula is C25H22N2O2. The average Bonchev–Trinajstić information content (AvgIpc) is 2.75. The number of hydrogen-bond donors (Lipinski definition) is 1. The predicted octanol–water partition coefficient (Wildman–Crippen LogP) is 5.79. The Morgan fingerprint density at radius 2 is 1.69 bits per heavy atom. The molecule has 1 aromatic heterocycles. The van der Waals surface area contributed by atoms with E-state index in [1.54, 1.807) is 0 Å². The van der Waals surface area contributed by atoms with Gasteiger partial charge in [0.25, 0.3) is 5.91 Å². The van der Waals surface area contributed by atoms with Crippen LogP contribution in [0.15, 0.2) is 88.3 Å². The molecule has 29 heavy (non-hydrogen) atoms. The van der Waals surface area contributed by atoms with Gasteiger partial charge in [0, 0.05) is 11.1 Å². The number of carbonyl (C=O) groups excluding carboxylic acids is 1. The van der Waals surface area contributed by atoms with Gasteiger partial charge in [-0.1, -0.05) is 55.5 Å². The van der Waals surface area contributed by atoms with Crippen molar-refractivity contribution in [2.24, 2.45) is 4.99 Å². The Bertz CT molecular complexity index is 1240. The van der Waals surface area contributed by atoms with Crippen LogP contribution in [0.3, 0.4) is 0 Å². The summed E-state index contributed by atoms with van der Waals surface area (Å²) in [6.07, 6.45) is 0.963. The molecule has 4 rings (SSSR count). The summed E-state index contributed by atoms with van der Waals surface area (Å²) >= 11 is 0. The van der Waals surface area contributed by atoms with Crippen molar-refractivity contribution < 1.29 is 9.21 Å². The minimum absolute atomic E-state index is 0.252. The molecule has 1 heterocycles. The summed E-state index contributed by atoms with van der Waals surface area (Å²) in [5.41, 5.74) is 5.11. The van der Waals surface area contributed by atoms with Gasteiger partial charge in [0.2, 0.25) is 5.55 Å². The van der Waals surface area contributed by atoms with E-state index in [1.807, 2.05) is 85.8 Å². The number of nitrogens with zero attached hydrogens (tertiary/aromatic N) is 1. The van der Waals surface area contributed by atoms with E-state index in [0.717, 1.165) is 28.7 Å². The summed E-state index contributed by atoms with van der Waals surface area (Å²) in [6, 6.07) is 25.1. The van der Waals surface area contributed by atoms with Crippen molar-refractivity contribution in [2.45, 2.75) is 20.3 Å². The van der Waals surface area contributed by atoms with Gasteiger partial charge in [-0.3, -0.25) is 4.79 Å². The van der Waals surface area contributed by atoms with E-state index < -0.39 is 0 Å². The van der Waals surface area contributed by atoms with Gasteiger partial charge in [0.05, 0.1) is 5.69 Å². The number of rotatable bonds is 4. The molecule has 0 unspecified atom stereocenters. The summed E-state index contributed by atoms with van der Waals surface area (Å²) < 4.78 is 6.02. The largest absolute Gasteiger partial charge is 0.438 e. The van der Waals surface area contributed by atoms with Crippen LogP contribution in [0.5, 0.6) is 0 Å². The number of para-hydroxylation sites is 2. The molecular weight excluding hydrogens is 360 g/mol. The van der Waals surface area contributed by atoms with Gasteiger partial charge in [-0.2, -0.15) is 0 Å². The maximum absolute atomic E-state index is 13.1. The third-order valence-electron chi connectivity index (χ3n) is 4.87. The summed E-state index contributed by atoms with van der Waals surface area (Å²) in [5, 5.41) is 3.83. The number of fused-ring (bicyclic) bond motifs is 1. The number of carbonyl (C=O) groups is 1. The first-order valence-electron chi connectivity index (χ1n) is 9.67. The Morgan fingerprint density at radius 1 is 0.966 bits per heavy atom. The molecule has 0 bridgehead atoms. The Labute approximate surface area is 169 Å². The maximum Gasteiger partial charge on any atom is 0.261 e. The second kappa shape index (κ2) is 8.15. The van der Waals surface area contributed by atoms with E-state index >= 15 is 0 Å². The molecule has 1 N–H and O–H groups in total. The summed E-state index contributed by atoms with van der Waals surface area (Å²) in [5.74, 6) is -0.252. The molecule has 0 fully saturated rings. The number of nitrogens with one attached hydrogen (secondary N) is 1. The van der Waals surface area contributed by atoms with Crippen LogP contribution in [0.2, 0.25) is 0 Å². The minimum atomic E-state index is -0.252. The highest BCUT2D eigenvalue weighted by molar-refractivity contribution is 6.05. The monoisotopic (exact) mass is 382 g/mol.